The van der Waals surface area contributed by atoms with Crippen molar-refractivity contribution in [2.75, 3.05) is 0 Å². The largest absolute Gasteiger partial charge is 0.390 e. The van der Waals surface area contributed by atoms with Gasteiger partial charge in [-0.1, -0.05) is 52.0 Å². The maximum atomic E-state index is 10.7. The van der Waals surface area contributed by atoms with Crippen molar-refractivity contribution >= 4 is 0 Å². The second-order valence-corrected chi connectivity index (χ2v) is 7.53. The Kier molecular flexibility index (Phi) is 4.06. The van der Waals surface area contributed by atoms with Crippen LogP contribution in [0.4, 0.5) is 0 Å². The van der Waals surface area contributed by atoms with Crippen LogP contribution in [0.3, 0.4) is 0 Å². The first-order valence-electron chi connectivity index (χ1n) is 7.60. The Morgan fingerprint density at radius 1 is 1.11 bits per heavy atom. The summed E-state index contributed by atoms with van der Waals surface area (Å²) in [5, 5.41) is 10.7. The number of hydrogen-bond donors (Lipinski definition) is 1. The SMILES string of the molecule is CC1CCC(O)(Cc2ccc(C(C)(C)C)cc2)CC1. The fourth-order valence-electron chi connectivity index (χ4n) is 2.98. The van der Waals surface area contributed by atoms with Gasteiger partial charge in [0, 0.05) is 6.42 Å². The molecular formula is C18H28O. The minimum Gasteiger partial charge on any atom is -0.390 e. The molecule has 1 aromatic carbocycles. The Bertz CT molecular complexity index is 402. The lowest BCUT2D eigenvalue weighted by Gasteiger charge is -2.35. The summed E-state index contributed by atoms with van der Waals surface area (Å²) in [5.74, 6) is 0.781. The molecule has 0 unspecified atom stereocenters. The number of aliphatic hydroxyl groups is 1. The van der Waals surface area contributed by atoms with Crippen LogP contribution < -0.4 is 0 Å². The highest BCUT2D eigenvalue weighted by Gasteiger charge is 2.31. The van der Waals surface area contributed by atoms with E-state index in [-0.39, 0.29) is 5.41 Å². The van der Waals surface area contributed by atoms with E-state index in [1.54, 1.807) is 0 Å². The van der Waals surface area contributed by atoms with E-state index in [0.717, 1.165) is 38.0 Å². The van der Waals surface area contributed by atoms with E-state index >= 15 is 0 Å². The van der Waals surface area contributed by atoms with Crippen LogP contribution >= 0.6 is 0 Å². The predicted molar refractivity (Wildman–Crippen MR) is 81.4 cm³/mol. The monoisotopic (exact) mass is 260 g/mol. The quantitative estimate of drug-likeness (QED) is 0.832. The number of hydrogen-bond acceptors (Lipinski definition) is 1. The summed E-state index contributed by atoms with van der Waals surface area (Å²) in [6, 6.07) is 8.81. The smallest absolute Gasteiger partial charge is 0.0688 e. The van der Waals surface area contributed by atoms with Crippen LogP contribution in [0.25, 0.3) is 0 Å². The molecular weight excluding hydrogens is 232 g/mol. The van der Waals surface area contributed by atoms with Gasteiger partial charge in [0.2, 0.25) is 0 Å². The summed E-state index contributed by atoms with van der Waals surface area (Å²) < 4.78 is 0. The topological polar surface area (TPSA) is 20.2 Å². The Morgan fingerprint density at radius 2 is 1.63 bits per heavy atom. The van der Waals surface area contributed by atoms with Crippen molar-refractivity contribution in [1.29, 1.82) is 0 Å². The molecule has 2 rings (SSSR count). The van der Waals surface area contributed by atoms with Crippen LogP contribution in [0.2, 0.25) is 0 Å². The standard InChI is InChI=1S/C18H28O/c1-14-9-11-18(19,12-10-14)13-15-5-7-16(8-6-15)17(2,3)4/h5-8,14,19H,9-13H2,1-4H3. The van der Waals surface area contributed by atoms with Gasteiger partial charge >= 0.3 is 0 Å². The summed E-state index contributed by atoms with van der Waals surface area (Å²) in [7, 11) is 0. The molecule has 1 aliphatic rings. The van der Waals surface area contributed by atoms with Gasteiger partial charge in [-0.25, -0.2) is 0 Å². The first kappa shape index (κ1) is 14.6. The van der Waals surface area contributed by atoms with Crippen molar-refractivity contribution in [3.05, 3.63) is 35.4 Å². The van der Waals surface area contributed by atoms with E-state index in [2.05, 4.69) is 52.0 Å². The average Bonchev–Trinajstić information content (AvgIpc) is 2.33. The lowest BCUT2D eigenvalue weighted by molar-refractivity contribution is -0.00667. The molecule has 106 valence electrons. The summed E-state index contributed by atoms with van der Waals surface area (Å²) >= 11 is 0. The van der Waals surface area contributed by atoms with Gasteiger partial charge < -0.3 is 5.11 Å². The minimum absolute atomic E-state index is 0.204. The molecule has 1 heteroatoms. The lowest BCUT2D eigenvalue weighted by Crippen LogP contribution is -2.35. The molecule has 0 atom stereocenters. The Balaban J connectivity index is 2.03. The fraction of sp³-hybridized carbons (Fsp3) is 0.667. The van der Waals surface area contributed by atoms with Crippen LogP contribution in [0.1, 0.15) is 64.5 Å². The highest BCUT2D eigenvalue weighted by molar-refractivity contribution is 5.28. The van der Waals surface area contributed by atoms with Crippen molar-refractivity contribution in [2.24, 2.45) is 5.92 Å². The third kappa shape index (κ3) is 3.82. The van der Waals surface area contributed by atoms with Crippen molar-refractivity contribution in [1.82, 2.24) is 0 Å². The normalized spacial score (nSPS) is 28.4. The third-order valence-electron chi connectivity index (χ3n) is 4.56. The predicted octanol–water partition coefficient (Wildman–Crippen LogP) is 4.47. The maximum Gasteiger partial charge on any atom is 0.0688 e. The molecule has 1 fully saturated rings. The second kappa shape index (κ2) is 5.28. The summed E-state index contributed by atoms with van der Waals surface area (Å²) in [6.45, 7) is 8.99. The Morgan fingerprint density at radius 3 is 2.11 bits per heavy atom. The fourth-order valence-corrected chi connectivity index (χ4v) is 2.98. The summed E-state index contributed by atoms with van der Waals surface area (Å²) in [6.07, 6.45) is 5.04. The van der Waals surface area contributed by atoms with E-state index < -0.39 is 5.60 Å². The molecule has 1 aliphatic carbocycles. The lowest BCUT2D eigenvalue weighted by atomic mass is 9.76. The maximum absolute atomic E-state index is 10.7. The first-order chi connectivity index (χ1) is 8.78. The zero-order valence-corrected chi connectivity index (χ0v) is 12.9. The Labute approximate surface area is 118 Å². The molecule has 19 heavy (non-hydrogen) atoms. The van der Waals surface area contributed by atoms with Crippen molar-refractivity contribution in [3.63, 3.8) is 0 Å². The van der Waals surface area contributed by atoms with E-state index in [9.17, 15) is 5.11 Å². The van der Waals surface area contributed by atoms with Gasteiger partial charge in [0.25, 0.3) is 0 Å². The zero-order valence-electron chi connectivity index (χ0n) is 12.9. The van der Waals surface area contributed by atoms with Gasteiger partial charge in [-0.3, -0.25) is 0 Å². The molecule has 0 aromatic heterocycles. The first-order valence-corrected chi connectivity index (χ1v) is 7.60. The molecule has 0 saturated heterocycles. The molecule has 0 bridgehead atoms. The van der Waals surface area contributed by atoms with E-state index in [0.29, 0.717) is 0 Å². The van der Waals surface area contributed by atoms with Crippen LogP contribution in [-0.4, -0.2) is 10.7 Å². The van der Waals surface area contributed by atoms with E-state index in [4.69, 9.17) is 0 Å². The molecule has 0 radical (unpaired) electrons. The number of rotatable bonds is 2. The van der Waals surface area contributed by atoms with Gasteiger partial charge in [0.15, 0.2) is 0 Å². The van der Waals surface area contributed by atoms with Crippen molar-refractivity contribution in [2.45, 2.75) is 70.8 Å². The Hall–Kier alpha value is -0.820. The van der Waals surface area contributed by atoms with Gasteiger partial charge in [-0.05, 0) is 48.1 Å². The molecule has 0 amide bonds. The summed E-state index contributed by atoms with van der Waals surface area (Å²) in [5.41, 5.74) is 2.37. The van der Waals surface area contributed by atoms with Gasteiger partial charge in [-0.15, -0.1) is 0 Å². The van der Waals surface area contributed by atoms with Crippen LogP contribution in [0.15, 0.2) is 24.3 Å². The molecule has 1 N–H and O–H groups in total. The molecule has 1 aromatic rings. The molecule has 1 saturated carbocycles. The highest BCUT2D eigenvalue weighted by atomic mass is 16.3. The zero-order chi connectivity index (χ0) is 14.1. The molecule has 1 nitrogen and oxygen atoms in total. The summed E-state index contributed by atoms with van der Waals surface area (Å²) in [4.78, 5) is 0. The highest BCUT2D eigenvalue weighted by Crippen LogP contribution is 2.34. The molecule has 0 aliphatic heterocycles. The molecule has 0 spiro atoms. The van der Waals surface area contributed by atoms with Gasteiger partial charge in [0.05, 0.1) is 5.60 Å². The minimum atomic E-state index is -0.463. The van der Waals surface area contributed by atoms with Crippen molar-refractivity contribution in [3.8, 4) is 0 Å². The average molecular weight is 260 g/mol. The third-order valence-corrected chi connectivity index (χ3v) is 4.56. The second-order valence-electron chi connectivity index (χ2n) is 7.53. The molecule has 0 heterocycles. The van der Waals surface area contributed by atoms with E-state index in [1.807, 2.05) is 0 Å². The van der Waals surface area contributed by atoms with Crippen LogP contribution in [0.5, 0.6) is 0 Å². The van der Waals surface area contributed by atoms with Gasteiger partial charge in [-0.2, -0.15) is 0 Å². The number of benzene rings is 1. The van der Waals surface area contributed by atoms with E-state index in [1.165, 1.54) is 11.1 Å². The van der Waals surface area contributed by atoms with Crippen LogP contribution in [0, 0.1) is 5.92 Å². The van der Waals surface area contributed by atoms with Crippen molar-refractivity contribution < 1.29 is 5.11 Å². The van der Waals surface area contributed by atoms with Crippen LogP contribution in [-0.2, 0) is 11.8 Å². The van der Waals surface area contributed by atoms with Gasteiger partial charge in [0.1, 0.15) is 0 Å².